The van der Waals surface area contributed by atoms with E-state index in [2.05, 4.69) is 26.3 Å². The summed E-state index contributed by atoms with van der Waals surface area (Å²) >= 11 is 0. The Hall–Kier alpha value is -3.95. The van der Waals surface area contributed by atoms with Gasteiger partial charge in [-0.1, -0.05) is 26.0 Å². The van der Waals surface area contributed by atoms with Gasteiger partial charge in [0.05, 0.1) is 12.1 Å². The Morgan fingerprint density at radius 3 is 2.62 bits per heavy atom. The first-order valence-corrected chi connectivity index (χ1v) is 12.6. The molecule has 3 rings (SSSR count). The third-order valence-electron chi connectivity index (χ3n) is 5.89. The van der Waals surface area contributed by atoms with Gasteiger partial charge < -0.3 is 26.0 Å². The summed E-state index contributed by atoms with van der Waals surface area (Å²) in [6, 6.07) is 8.77. The third-order valence-corrected chi connectivity index (χ3v) is 5.89. The van der Waals surface area contributed by atoms with E-state index in [0.29, 0.717) is 25.1 Å². The van der Waals surface area contributed by atoms with Crippen LogP contribution in [0.2, 0.25) is 0 Å². The van der Waals surface area contributed by atoms with Crippen molar-refractivity contribution in [3.63, 3.8) is 0 Å². The molecule has 0 saturated heterocycles. The van der Waals surface area contributed by atoms with E-state index < -0.39 is 23.9 Å². The van der Waals surface area contributed by atoms with Crippen molar-refractivity contribution in [2.24, 2.45) is 5.92 Å². The van der Waals surface area contributed by atoms with Gasteiger partial charge in [-0.2, -0.15) is 0 Å². The number of benzene rings is 1. The number of hydrogen-bond donors (Lipinski definition) is 4. The summed E-state index contributed by atoms with van der Waals surface area (Å²) in [5, 5.41) is 11.2. The third kappa shape index (κ3) is 8.89. The van der Waals surface area contributed by atoms with Crippen molar-refractivity contribution in [3.05, 3.63) is 59.9 Å². The fourth-order valence-corrected chi connectivity index (χ4v) is 3.99. The molecule has 0 spiro atoms. The summed E-state index contributed by atoms with van der Waals surface area (Å²) in [6.07, 6.45) is 4.46. The Kier molecular flexibility index (Phi) is 10.4. The lowest BCUT2D eigenvalue weighted by atomic mass is 10.0. The minimum Gasteiger partial charge on any atom is -0.491 e. The number of rotatable bonds is 6. The number of pyridine rings is 1. The van der Waals surface area contributed by atoms with Crippen molar-refractivity contribution in [2.45, 2.75) is 51.6 Å². The number of amides is 4. The van der Waals surface area contributed by atoms with E-state index >= 15 is 0 Å². The number of para-hydroxylation sites is 1. The Morgan fingerprint density at radius 2 is 1.86 bits per heavy atom. The van der Waals surface area contributed by atoms with Crippen LogP contribution in [0.25, 0.3) is 0 Å². The zero-order valence-electron chi connectivity index (χ0n) is 21.3. The molecular formula is C27H35N5O5. The van der Waals surface area contributed by atoms with Crippen LogP contribution in [0, 0.1) is 5.92 Å². The molecule has 10 heteroatoms. The van der Waals surface area contributed by atoms with Gasteiger partial charge in [-0.15, -0.1) is 0 Å². The monoisotopic (exact) mass is 509 g/mol. The van der Waals surface area contributed by atoms with E-state index in [-0.39, 0.29) is 49.3 Å². The lowest BCUT2D eigenvalue weighted by Crippen LogP contribution is -2.49. The summed E-state index contributed by atoms with van der Waals surface area (Å²) < 4.78 is 5.76. The fraction of sp³-hybridized carbons (Fsp3) is 0.444. The first-order valence-electron chi connectivity index (χ1n) is 12.6. The molecule has 4 amide bonds. The Balaban J connectivity index is 1.76. The molecule has 37 heavy (non-hydrogen) atoms. The van der Waals surface area contributed by atoms with Crippen molar-refractivity contribution in [3.8, 4) is 5.75 Å². The number of fused-ring (bicyclic) bond motifs is 1. The molecule has 0 aliphatic carbocycles. The smallest absolute Gasteiger partial charge is 0.255 e. The van der Waals surface area contributed by atoms with Crippen LogP contribution in [-0.4, -0.2) is 60.4 Å². The molecule has 2 heterocycles. The van der Waals surface area contributed by atoms with E-state index in [1.165, 1.54) is 0 Å². The molecule has 0 radical (unpaired) electrons. The van der Waals surface area contributed by atoms with Gasteiger partial charge in [0.1, 0.15) is 24.4 Å². The van der Waals surface area contributed by atoms with Crippen molar-refractivity contribution in [2.75, 3.05) is 19.7 Å². The van der Waals surface area contributed by atoms with Crippen molar-refractivity contribution < 1.29 is 23.9 Å². The average molecular weight is 510 g/mol. The van der Waals surface area contributed by atoms with E-state index in [9.17, 15) is 19.2 Å². The highest BCUT2D eigenvalue weighted by atomic mass is 16.5. The van der Waals surface area contributed by atoms with Gasteiger partial charge in [-0.25, -0.2) is 0 Å². The van der Waals surface area contributed by atoms with Crippen LogP contribution in [0.15, 0.2) is 48.8 Å². The lowest BCUT2D eigenvalue weighted by molar-refractivity contribution is -0.130. The number of aromatic nitrogens is 1. The van der Waals surface area contributed by atoms with E-state index in [0.717, 1.165) is 5.56 Å². The van der Waals surface area contributed by atoms with Gasteiger partial charge in [-0.05, 0) is 55.0 Å². The van der Waals surface area contributed by atoms with Crippen LogP contribution in [0.3, 0.4) is 0 Å². The van der Waals surface area contributed by atoms with Crippen LogP contribution in [0.5, 0.6) is 5.75 Å². The maximum Gasteiger partial charge on any atom is 0.255 e. The normalized spacial score (nSPS) is 19.3. The number of carbonyl (C=O) groups is 4. The second kappa shape index (κ2) is 14.0. The number of carbonyl (C=O) groups excluding carboxylic acids is 4. The predicted octanol–water partition coefficient (Wildman–Crippen LogP) is 1.36. The largest absolute Gasteiger partial charge is 0.491 e. The second-order valence-electron chi connectivity index (χ2n) is 9.35. The van der Waals surface area contributed by atoms with Gasteiger partial charge in [0.25, 0.3) is 5.91 Å². The van der Waals surface area contributed by atoms with Crippen molar-refractivity contribution in [1.82, 2.24) is 26.3 Å². The van der Waals surface area contributed by atoms with Gasteiger partial charge in [0, 0.05) is 25.4 Å². The summed E-state index contributed by atoms with van der Waals surface area (Å²) in [6.45, 7) is 4.64. The number of nitrogens with one attached hydrogen (secondary N) is 4. The highest BCUT2D eigenvalue weighted by Crippen LogP contribution is 2.18. The maximum atomic E-state index is 13.1. The highest BCUT2D eigenvalue weighted by molar-refractivity contribution is 5.99. The molecule has 1 aliphatic rings. The molecule has 2 aromatic rings. The molecule has 2 atom stereocenters. The molecule has 0 bridgehead atoms. The quantitative estimate of drug-likeness (QED) is 0.464. The highest BCUT2D eigenvalue weighted by Gasteiger charge is 2.26. The van der Waals surface area contributed by atoms with Crippen LogP contribution in [0.1, 0.15) is 49.0 Å². The molecule has 0 fully saturated rings. The fourth-order valence-electron chi connectivity index (χ4n) is 3.99. The molecule has 198 valence electrons. The van der Waals surface area contributed by atoms with Gasteiger partial charge in [0.2, 0.25) is 17.7 Å². The maximum absolute atomic E-state index is 13.1. The van der Waals surface area contributed by atoms with E-state index in [1.807, 2.05) is 26.0 Å². The summed E-state index contributed by atoms with van der Waals surface area (Å²) in [5.41, 5.74) is 1.28. The lowest BCUT2D eigenvalue weighted by Gasteiger charge is -2.21. The van der Waals surface area contributed by atoms with Crippen LogP contribution >= 0.6 is 0 Å². The van der Waals surface area contributed by atoms with E-state index in [4.69, 9.17) is 4.74 Å². The number of hydrogen-bond acceptors (Lipinski definition) is 6. The Labute approximate surface area is 217 Å². The van der Waals surface area contributed by atoms with Crippen LogP contribution in [-0.2, 0) is 20.8 Å². The second-order valence-corrected chi connectivity index (χ2v) is 9.35. The summed E-state index contributed by atoms with van der Waals surface area (Å²) in [5.74, 6) is -1.02. The number of ether oxygens (including phenoxy) is 1. The minimum absolute atomic E-state index is 0.0389. The molecule has 1 aromatic carbocycles. The predicted molar refractivity (Wildman–Crippen MR) is 138 cm³/mol. The van der Waals surface area contributed by atoms with Crippen molar-refractivity contribution >= 4 is 23.6 Å². The average Bonchev–Trinajstić information content (AvgIpc) is 2.88. The van der Waals surface area contributed by atoms with Crippen LogP contribution < -0.4 is 26.0 Å². The Bertz CT molecular complexity index is 1080. The molecule has 1 aromatic heterocycles. The molecule has 1 aliphatic heterocycles. The van der Waals surface area contributed by atoms with Gasteiger partial charge >= 0.3 is 0 Å². The zero-order chi connectivity index (χ0) is 26.6. The first-order chi connectivity index (χ1) is 17.8. The van der Waals surface area contributed by atoms with E-state index in [1.54, 1.807) is 36.7 Å². The number of nitrogens with zero attached hydrogens (tertiary/aromatic N) is 1. The standard InChI is InChI=1S/C27H35N5O5/c1-18(2)17-22-27(36)30-15-16-37-23-6-4-3-5-20(23)25(34)32-21(7-8-24(33)31-22)26(35)29-14-11-19-9-12-28-13-10-19/h3-6,9-10,12-13,18,21-22H,7-8,11,14-17H2,1-2H3,(H,29,35)(H,30,36)(H,31,33)(H,32,34)/t21-,22-/m0/s1. The topological polar surface area (TPSA) is 139 Å². The van der Waals surface area contributed by atoms with Gasteiger partial charge in [-0.3, -0.25) is 24.2 Å². The summed E-state index contributed by atoms with van der Waals surface area (Å²) in [4.78, 5) is 55.6. The first kappa shape index (κ1) is 27.6. The minimum atomic E-state index is -0.953. The molecular weight excluding hydrogens is 474 g/mol. The molecule has 0 saturated carbocycles. The SMILES string of the molecule is CC(C)C[C@@H]1NC(=O)CC[C@@H](C(=O)NCCc2ccncc2)NC(=O)c2ccccc2OCCNC1=O. The van der Waals surface area contributed by atoms with Crippen LogP contribution in [0.4, 0.5) is 0 Å². The molecule has 4 N–H and O–H groups in total. The molecule has 10 nitrogen and oxygen atoms in total. The van der Waals surface area contributed by atoms with Gasteiger partial charge in [0.15, 0.2) is 0 Å². The Morgan fingerprint density at radius 1 is 1.11 bits per heavy atom. The van der Waals surface area contributed by atoms with Crippen molar-refractivity contribution in [1.29, 1.82) is 0 Å². The summed E-state index contributed by atoms with van der Waals surface area (Å²) in [7, 11) is 0. The molecule has 0 unspecified atom stereocenters. The zero-order valence-corrected chi connectivity index (χ0v) is 21.3.